The molecule has 0 aliphatic heterocycles. The Morgan fingerprint density at radius 3 is 2.55 bits per heavy atom. The lowest BCUT2D eigenvalue weighted by atomic mass is 10.1. The number of benzene rings is 2. The van der Waals surface area contributed by atoms with Gasteiger partial charge in [-0.15, -0.1) is 0 Å². The zero-order valence-electron chi connectivity index (χ0n) is 10.3. The minimum atomic E-state index is -0.386. The predicted molar refractivity (Wildman–Crippen MR) is 75.1 cm³/mol. The number of ether oxygens (including phenoxy) is 1. The lowest BCUT2D eigenvalue weighted by Gasteiger charge is -2.07. The molecule has 2 aromatic carbocycles. The number of nitrogens with zero attached hydrogens (tertiary/aromatic N) is 1. The average Bonchev–Trinajstić information content (AvgIpc) is 2.46. The smallest absolute Gasteiger partial charge is 0.200 e. The first-order valence-electron chi connectivity index (χ1n) is 5.71. The lowest BCUT2D eigenvalue weighted by Crippen LogP contribution is -2.11. The third kappa shape index (κ3) is 3.43. The summed E-state index contributed by atoms with van der Waals surface area (Å²) >= 11 is 3.16. The van der Waals surface area contributed by atoms with Crippen molar-refractivity contribution in [3.05, 3.63) is 63.9 Å². The maximum absolute atomic E-state index is 12.9. The molecule has 0 aromatic heterocycles. The van der Waals surface area contributed by atoms with Gasteiger partial charge in [-0.3, -0.25) is 4.79 Å². The Balaban J connectivity index is 2.03. The second-order valence-electron chi connectivity index (χ2n) is 3.98. The summed E-state index contributed by atoms with van der Waals surface area (Å²) < 4.78 is 18.7. The largest absolute Gasteiger partial charge is 0.484 e. The van der Waals surface area contributed by atoms with E-state index in [2.05, 4.69) is 15.9 Å². The van der Waals surface area contributed by atoms with E-state index in [1.807, 2.05) is 6.07 Å². The van der Waals surface area contributed by atoms with Crippen molar-refractivity contribution in [2.45, 2.75) is 0 Å². The summed E-state index contributed by atoms with van der Waals surface area (Å²) in [6.45, 7) is -0.157. The van der Waals surface area contributed by atoms with Crippen LogP contribution in [-0.2, 0) is 0 Å². The molecule has 0 unspecified atom stereocenters. The Hall–Kier alpha value is -2.19. The Bertz CT molecular complexity index is 677. The van der Waals surface area contributed by atoms with Crippen molar-refractivity contribution in [3.8, 4) is 11.8 Å². The molecule has 5 heteroatoms. The quantitative estimate of drug-likeness (QED) is 0.801. The fourth-order valence-corrected chi connectivity index (χ4v) is 2.01. The Morgan fingerprint density at radius 1 is 1.25 bits per heavy atom. The standard InChI is InChI=1S/C15H9BrFNO2/c16-13-7-12(17)5-6-15(13)20-9-14(19)11-3-1-10(8-18)2-4-11/h1-7H,9H2. The number of ketones is 1. The number of Topliss-reactive ketones (excluding diaryl/α,β-unsaturated/α-hetero) is 1. The second kappa shape index (κ2) is 6.31. The minimum Gasteiger partial charge on any atom is -0.484 e. The first-order chi connectivity index (χ1) is 9.60. The third-order valence-corrected chi connectivity index (χ3v) is 3.21. The van der Waals surface area contributed by atoms with E-state index in [0.29, 0.717) is 21.3 Å². The Morgan fingerprint density at radius 2 is 1.95 bits per heavy atom. The van der Waals surface area contributed by atoms with Gasteiger partial charge in [0.25, 0.3) is 0 Å². The first kappa shape index (κ1) is 14.2. The molecular formula is C15H9BrFNO2. The SMILES string of the molecule is N#Cc1ccc(C(=O)COc2ccc(F)cc2Br)cc1. The number of halogens is 2. The van der Waals surface area contributed by atoms with Crippen LogP contribution in [0.1, 0.15) is 15.9 Å². The van der Waals surface area contributed by atoms with Crippen LogP contribution in [0.25, 0.3) is 0 Å². The Kier molecular flexibility index (Phi) is 4.49. The summed E-state index contributed by atoms with van der Waals surface area (Å²) in [6, 6.07) is 12.2. The molecule has 20 heavy (non-hydrogen) atoms. The van der Waals surface area contributed by atoms with Crippen molar-refractivity contribution in [3.63, 3.8) is 0 Å². The van der Waals surface area contributed by atoms with Crippen LogP contribution in [0, 0.1) is 17.1 Å². The highest BCUT2D eigenvalue weighted by Gasteiger charge is 2.09. The first-order valence-corrected chi connectivity index (χ1v) is 6.50. The maximum atomic E-state index is 12.9. The van der Waals surface area contributed by atoms with Crippen LogP contribution in [0.4, 0.5) is 4.39 Å². The van der Waals surface area contributed by atoms with Gasteiger partial charge in [-0.25, -0.2) is 4.39 Å². The van der Waals surface area contributed by atoms with Crippen molar-refractivity contribution in [2.75, 3.05) is 6.61 Å². The molecule has 0 radical (unpaired) electrons. The normalized spacial score (nSPS) is 9.85. The van der Waals surface area contributed by atoms with Crippen LogP contribution in [-0.4, -0.2) is 12.4 Å². The fraction of sp³-hybridized carbons (Fsp3) is 0.0667. The molecule has 3 nitrogen and oxygen atoms in total. The van der Waals surface area contributed by atoms with Gasteiger partial charge in [-0.2, -0.15) is 5.26 Å². The highest BCUT2D eigenvalue weighted by molar-refractivity contribution is 9.10. The zero-order chi connectivity index (χ0) is 14.5. The van der Waals surface area contributed by atoms with Crippen molar-refractivity contribution >= 4 is 21.7 Å². The van der Waals surface area contributed by atoms with E-state index in [1.165, 1.54) is 18.2 Å². The number of carbonyl (C=O) groups excluding carboxylic acids is 1. The number of carbonyl (C=O) groups is 1. The summed E-state index contributed by atoms with van der Waals surface area (Å²) in [5.41, 5.74) is 0.950. The molecule has 0 amide bonds. The number of hydrogen-bond donors (Lipinski definition) is 0. The molecule has 0 N–H and O–H groups in total. The highest BCUT2D eigenvalue weighted by atomic mass is 79.9. The van der Waals surface area contributed by atoms with E-state index in [-0.39, 0.29) is 18.2 Å². The van der Waals surface area contributed by atoms with E-state index in [0.717, 1.165) is 0 Å². The van der Waals surface area contributed by atoms with E-state index < -0.39 is 0 Å². The molecule has 0 saturated heterocycles. The highest BCUT2D eigenvalue weighted by Crippen LogP contribution is 2.25. The van der Waals surface area contributed by atoms with Crippen molar-refractivity contribution in [2.24, 2.45) is 0 Å². The van der Waals surface area contributed by atoms with Crippen LogP contribution in [0.5, 0.6) is 5.75 Å². The molecule has 2 rings (SSSR count). The fourth-order valence-electron chi connectivity index (χ4n) is 1.55. The molecular weight excluding hydrogens is 325 g/mol. The minimum absolute atomic E-state index is 0.157. The third-order valence-electron chi connectivity index (χ3n) is 2.59. The number of rotatable bonds is 4. The van der Waals surface area contributed by atoms with Gasteiger partial charge in [0.05, 0.1) is 16.1 Å². The van der Waals surface area contributed by atoms with E-state index >= 15 is 0 Å². The van der Waals surface area contributed by atoms with Gasteiger partial charge in [-0.05, 0) is 58.4 Å². The zero-order valence-corrected chi connectivity index (χ0v) is 11.9. The van der Waals surface area contributed by atoms with Crippen LogP contribution in [0.15, 0.2) is 46.9 Å². The molecule has 2 aromatic rings. The molecule has 0 bridgehead atoms. The van der Waals surface area contributed by atoms with Gasteiger partial charge in [-0.1, -0.05) is 0 Å². The van der Waals surface area contributed by atoms with E-state index in [9.17, 15) is 9.18 Å². The summed E-state index contributed by atoms with van der Waals surface area (Å²) in [4.78, 5) is 11.9. The summed E-state index contributed by atoms with van der Waals surface area (Å²) in [6.07, 6.45) is 0. The average molecular weight is 334 g/mol. The van der Waals surface area contributed by atoms with Gasteiger partial charge in [0.1, 0.15) is 11.6 Å². The summed E-state index contributed by atoms with van der Waals surface area (Å²) in [5, 5.41) is 8.68. The molecule has 0 heterocycles. The number of hydrogen-bond acceptors (Lipinski definition) is 3. The molecule has 0 aliphatic carbocycles. The molecule has 0 aliphatic rings. The topological polar surface area (TPSA) is 50.1 Å². The van der Waals surface area contributed by atoms with Crippen molar-refractivity contribution in [1.29, 1.82) is 5.26 Å². The lowest BCUT2D eigenvalue weighted by molar-refractivity contribution is 0.0921. The van der Waals surface area contributed by atoms with Crippen LogP contribution in [0.3, 0.4) is 0 Å². The van der Waals surface area contributed by atoms with Gasteiger partial charge in [0, 0.05) is 5.56 Å². The molecule has 100 valence electrons. The van der Waals surface area contributed by atoms with Crippen LogP contribution < -0.4 is 4.74 Å². The van der Waals surface area contributed by atoms with Gasteiger partial charge in [0.2, 0.25) is 0 Å². The predicted octanol–water partition coefficient (Wildman–Crippen LogP) is 3.72. The van der Waals surface area contributed by atoms with Crippen molar-refractivity contribution in [1.82, 2.24) is 0 Å². The number of nitriles is 1. The van der Waals surface area contributed by atoms with E-state index in [4.69, 9.17) is 10.00 Å². The molecule has 0 fully saturated rings. The van der Waals surface area contributed by atoms with Crippen LogP contribution in [0.2, 0.25) is 0 Å². The molecule has 0 saturated carbocycles. The summed E-state index contributed by atoms with van der Waals surface area (Å²) in [7, 11) is 0. The molecule has 0 atom stereocenters. The second-order valence-corrected chi connectivity index (χ2v) is 4.83. The van der Waals surface area contributed by atoms with E-state index in [1.54, 1.807) is 24.3 Å². The summed E-state index contributed by atoms with van der Waals surface area (Å²) in [5.74, 6) is -0.207. The van der Waals surface area contributed by atoms with Gasteiger partial charge in [0.15, 0.2) is 12.4 Å². The maximum Gasteiger partial charge on any atom is 0.200 e. The monoisotopic (exact) mass is 333 g/mol. The van der Waals surface area contributed by atoms with Crippen LogP contribution >= 0.6 is 15.9 Å². The molecule has 0 spiro atoms. The van der Waals surface area contributed by atoms with Crippen molar-refractivity contribution < 1.29 is 13.9 Å². The Labute approximate surface area is 123 Å². The van der Waals surface area contributed by atoms with Gasteiger partial charge >= 0.3 is 0 Å². The van der Waals surface area contributed by atoms with Gasteiger partial charge < -0.3 is 4.74 Å².